The molecule has 18 heavy (non-hydrogen) atoms. The van der Waals surface area contributed by atoms with Gasteiger partial charge in [-0.15, -0.1) is 0 Å². The molecule has 1 heterocycles. The molecule has 1 aromatic carbocycles. The van der Waals surface area contributed by atoms with Crippen molar-refractivity contribution in [2.45, 2.75) is 33.1 Å². The van der Waals surface area contributed by atoms with Crippen LogP contribution in [-0.4, -0.2) is 20.2 Å². The summed E-state index contributed by atoms with van der Waals surface area (Å²) in [5.74, 6) is 1.74. The topological polar surface area (TPSA) is 21.3 Å². The van der Waals surface area contributed by atoms with Crippen molar-refractivity contribution in [3.8, 4) is 5.75 Å². The van der Waals surface area contributed by atoms with E-state index in [0.717, 1.165) is 47.3 Å². The highest BCUT2D eigenvalue weighted by Gasteiger charge is 2.18. The molecule has 1 aromatic rings. The van der Waals surface area contributed by atoms with Gasteiger partial charge in [0.2, 0.25) is 0 Å². The van der Waals surface area contributed by atoms with Gasteiger partial charge in [0.1, 0.15) is 5.75 Å². The van der Waals surface area contributed by atoms with Gasteiger partial charge in [-0.25, -0.2) is 0 Å². The van der Waals surface area contributed by atoms with E-state index in [1.54, 1.807) is 7.11 Å². The lowest BCUT2D eigenvalue weighted by atomic mass is 9.89. The predicted molar refractivity (Wildman–Crippen MR) is 76.8 cm³/mol. The van der Waals surface area contributed by atoms with Gasteiger partial charge in [-0.05, 0) is 63.2 Å². The zero-order valence-electron chi connectivity index (χ0n) is 11.5. The molecule has 0 atom stereocenters. The SMILES string of the molecule is COc1c(CC2CCNCC2)cc(C)c(Cl)c1C. The van der Waals surface area contributed by atoms with Crippen LogP contribution in [-0.2, 0) is 6.42 Å². The number of methoxy groups -OCH3 is 1. The van der Waals surface area contributed by atoms with Gasteiger partial charge in [0.05, 0.1) is 12.1 Å². The third kappa shape index (κ3) is 2.81. The standard InChI is InChI=1S/C15H22ClNO/c1-10-8-13(9-12-4-6-17-7-5-12)15(18-3)11(2)14(10)16/h8,12,17H,4-7,9H2,1-3H3. The molecule has 100 valence electrons. The van der Waals surface area contributed by atoms with Crippen molar-refractivity contribution in [3.63, 3.8) is 0 Å². The summed E-state index contributed by atoms with van der Waals surface area (Å²) in [6, 6.07) is 2.19. The fourth-order valence-corrected chi connectivity index (χ4v) is 3.00. The van der Waals surface area contributed by atoms with E-state index < -0.39 is 0 Å². The summed E-state index contributed by atoms with van der Waals surface area (Å²) in [5.41, 5.74) is 3.53. The third-order valence-electron chi connectivity index (χ3n) is 3.87. The maximum atomic E-state index is 6.29. The number of ether oxygens (including phenoxy) is 1. The molecule has 0 bridgehead atoms. The molecule has 0 aliphatic carbocycles. The normalized spacial score (nSPS) is 16.9. The number of rotatable bonds is 3. The van der Waals surface area contributed by atoms with Crippen LogP contribution in [0.15, 0.2) is 6.07 Å². The third-order valence-corrected chi connectivity index (χ3v) is 4.45. The Morgan fingerprint density at radius 3 is 2.61 bits per heavy atom. The summed E-state index contributed by atoms with van der Waals surface area (Å²) in [5, 5.41) is 4.24. The number of nitrogens with one attached hydrogen (secondary N) is 1. The van der Waals surface area contributed by atoms with Gasteiger partial charge in [-0.1, -0.05) is 17.7 Å². The van der Waals surface area contributed by atoms with Gasteiger partial charge in [-0.3, -0.25) is 0 Å². The molecule has 0 spiro atoms. The average molecular weight is 268 g/mol. The first-order valence-corrected chi connectivity index (χ1v) is 7.04. The summed E-state index contributed by atoms with van der Waals surface area (Å²) in [6.07, 6.45) is 3.61. The monoisotopic (exact) mass is 267 g/mol. The van der Waals surface area contributed by atoms with Crippen LogP contribution in [0.25, 0.3) is 0 Å². The molecular weight excluding hydrogens is 246 g/mol. The minimum absolute atomic E-state index is 0.764. The van der Waals surface area contributed by atoms with E-state index in [2.05, 4.69) is 18.3 Å². The summed E-state index contributed by atoms with van der Waals surface area (Å²) in [4.78, 5) is 0. The Bertz CT molecular complexity index is 425. The molecule has 1 fully saturated rings. The van der Waals surface area contributed by atoms with Crippen LogP contribution >= 0.6 is 11.6 Å². The largest absolute Gasteiger partial charge is 0.496 e. The van der Waals surface area contributed by atoms with Gasteiger partial charge < -0.3 is 10.1 Å². The van der Waals surface area contributed by atoms with E-state index in [4.69, 9.17) is 16.3 Å². The summed E-state index contributed by atoms with van der Waals surface area (Å²) < 4.78 is 5.55. The molecule has 0 unspecified atom stereocenters. The zero-order chi connectivity index (χ0) is 13.1. The van der Waals surface area contributed by atoms with E-state index in [0.29, 0.717) is 0 Å². The molecule has 1 saturated heterocycles. The molecule has 0 aromatic heterocycles. The highest BCUT2D eigenvalue weighted by Crippen LogP contribution is 2.34. The second kappa shape index (κ2) is 5.94. The average Bonchev–Trinajstić information content (AvgIpc) is 2.38. The quantitative estimate of drug-likeness (QED) is 0.905. The smallest absolute Gasteiger partial charge is 0.126 e. The van der Waals surface area contributed by atoms with E-state index in [1.165, 1.54) is 18.4 Å². The van der Waals surface area contributed by atoms with E-state index in [9.17, 15) is 0 Å². The van der Waals surface area contributed by atoms with Gasteiger partial charge in [0.25, 0.3) is 0 Å². The molecule has 0 amide bonds. The fourth-order valence-electron chi connectivity index (χ4n) is 2.86. The molecule has 2 nitrogen and oxygen atoms in total. The number of piperidine rings is 1. The van der Waals surface area contributed by atoms with E-state index >= 15 is 0 Å². The Hall–Kier alpha value is -0.730. The predicted octanol–water partition coefficient (Wildman–Crippen LogP) is 3.51. The molecular formula is C15H22ClNO. The highest BCUT2D eigenvalue weighted by atomic mass is 35.5. The lowest BCUT2D eigenvalue weighted by Crippen LogP contribution is -2.28. The van der Waals surface area contributed by atoms with Crippen LogP contribution in [0.1, 0.15) is 29.5 Å². The van der Waals surface area contributed by atoms with Crippen molar-refractivity contribution in [1.82, 2.24) is 5.32 Å². The number of hydrogen-bond acceptors (Lipinski definition) is 2. The molecule has 0 saturated carbocycles. The number of halogens is 1. The molecule has 2 rings (SSSR count). The van der Waals surface area contributed by atoms with Crippen LogP contribution in [0, 0.1) is 19.8 Å². The Morgan fingerprint density at radius 2 is 2.00 bits per heavy atom. The van der Waals surface area contributed by atoms with Gasteiger partial charge in [0.15, 0.2) is 0 Å². The van der Waals surface area contributed by atoms with Crippen molar-refractivity contribution in [3.05, 3.63) is 27.8 Å². The molecule has 0 radical (unpaired) electrons. The summed E-state index contributed by atoms with van der Waals surface area (Å²) in [7, 11) is 1.74. The Kier molecular flexibility index (Phi) is 4.52. The highest BCUT2D eigenvalue weighted by molar-refractivity contribution is 6.32. The Balaban J connectivity index is 2.25. The zero-order valence-corrected chi connectivity index (χ0v) is 12.2. The first-order chi connectivity index (χ1) is 8.63. The van der Waals surface area contributed by atoms with Gasteiger partial charge in [-0.2, -0.15) is 0 Å². The maximum absolute atomic E-state index is 6.29. The second-order valence-electron chi connectivity index (χ2n) is 5.22. The lowest BCUT2D eigenvalue weighted by Gasteiger charge is -2.24. The van der Waals surface area contributed by atoms with Crippen LogP contribution in [0.4, 0.5) is 0 Å². The lowest BCUT2D eigenvalue weighted by molar-refractivity contribution is 0.360. The molecule has 3 heteroatoms. The molecule has 1 aliphatic rings. The maximum Gasteiger partial charge on any atom is 0.126 e. The molecule has 1 aliphatic heterocycles. The molecule has 1 N–H and O–H groups in total. The van der Waals surface area contributed by atoms with Crippen LogP contribution in [0.3, 0.4) is 0 Å². The number of hydrogen-bond donors (Lipinski definition) is 1. The Labute approximate surface area is 115 Å². The van der Waals surface area contributed by atoms with Crippen LogP contribution in [0.5, 0.6) is 5.75 Å². The van der Waals surface area contributed by atoms with Crippen LogP contribution < -0.4 is 10.1 Å². The van der Waals surface area contributed by atoms with Crippen molar-refractivity contribution in [1.29, 1.82) is 0 Å². The Morgan fingerprint density at radius 1 is 1.33 bits per heavy atom. The number of benzene rings is 1. The fraction of sp³-hybridized carbons (Fsp3) is 0.600. The van der Waals surface area contributed by atoms with E-state index in [1.807, 2.05) is 6.92 Å². The van der Waals surface area contributed by atoms with Crippen LogP contribution in [0.2, 0.25) is 5.02 Å². The van der Waals surface area contributed by atoms with Gasteiger partial charge in [0, 0.05) is 5.56 Å². The minimum atomic E-state index is 0.764. The van der Waals surface area contributed by atoms with Gasteiger partial charge >= 0.3 is 0 Å². The minimum Gasteiger partial charge on any atom is -0.496 e. The van der Waals surface area contributed by atoms with E-state index in [-0.39, 0.29) is 0 Å². The summed E-state index contributed by atoms with van der Waals surface area (Å²) >= 11 is 6.29. The van der Waals surface area contributed by atoms with Crippen molar-refractivity contribution < 1.29 is 4.74 Å². The summed E-state index contributed by atoms with van der Waals surface area (Å²) in [6.45, 7) is 6.39. The van der Waals surface area contributed by atoms with Crippen molar-refractivity contribution in [2.24, 2.45) is 5.92 Å². The number of aryl methyl sites for hydroxylation is 1. The first-order valence-electron chi connectivity index (χ1n) is 6.66. The van der Waals surface area contributed by atoms with Crippen molar-refractivity contribution in [2.75, 3.05) is 20.2 Å². The second-order valence-corrected chi connectivity index (χ2v) is 5.60. The van der Waals surface area contributed by atoms with Crippen molar-refractivity contribution >= 4 is 11.6 Å². The first kappa shape index (κ1) is 13.7.